The van der Waals surface area contributed by atoms with E-state index in [-0.39, 0.29) is 0 Å². The molecule has 2 N–H and O–H groups in total. The van der Waals surface area contributed by atoms with Crippen LogP contribution < -0.4 is 10.6 Å². The first-order chi connectivity index (χ1) is 8.13. The lowest BCUT2D eigenvalue weighted by molar-refractivity contribution is 0.361. The summed E-state index contributed by atoms with van der Waals surface area (Å²) in [6.07, 6.45) is 4.32. The van der Waals surface area contributed by atoms with E-state index in [0.29, 0.717) is 23.5 Å². The third kappa shape index (κ3) is 2.55. The van der Waals surface area contributed by atoms with Crippen LogP contribution >= 0.6 is 11.6 Å². The van der Waals surface area contributed by atoms with Crippen LogP contribution in [0.1, 0.15) is 32.3 Å². The maximum atomic E-state index is 6.29. The molecule has 2 heterocycles. The van der Waals surface area contributed by atoms with Gasteiger partial charge in [-0.15, -0.1) is 0 Å². The Morgan fingerprint density at radius 3 is 2.94 bits per heavy atom. The number of nitrogens with two attached hydrogens (primary N) is 1. The van der Waals surface area contributed by atoms with Gasteiger partial charge >= 0.3 is 0 Å². The molecule has 1 fully saturated rings. The average Bonchev–Trinajstić information content (AvgIpc) is 2.33. The lowest BCUT2D eigenvalue weighted by atomic mass is 9.92. The first-order valence-electron chi connectivity index (χ1n) is 6.24. The van der Waals surface area contributed by atoms with Crippen LogP contribution in [0.15, 0.2) is 12.3 Å². The predicted octanol–water partition coefficient (Wildman–Crippen LogP) is 2.82. The van der Waals surface area contributed by atoms with Crippen molar-refractivity contribution in [3.05, 3.63) is 22.8 Å². The van der Waals surface area contributed by atoms with Gasteiger partial charge in [0, 0.05) is 25.3 Å². The molecular formula is C13H20ClN3. The molecule has 0 aromatic carbocycles. The van der Waals surface area contributed by atoms with Crippen molar-refractivity contribution in [3.8, 4) is 0 Å². The second-order valence-electron chi connectivity index (χ2n) is 4.91. The zero-order chi connectivity index (χ0) is 12.4. The maximum Gasteiger partial charge on any atom is 0.147 e. The predicted molar refractivity (Wildman–Crippen MR) is 72.3 cm³/mol. The number of pyridine rings is 1. The molecule has 0 amide bonds. The molecule has 0 saturated carbocycles. The second kappa shape index (κ2) is 5.23. The second-order valence-corrected chi connectivity index (χ2v) is 5.31. The molecule has 1 saturated heterocycles. The Labute approximate surface area is 108 Å². The average molecular weight is 254 g/mol. The maximum absolute atomic E-state index is 6.29. The number of rotatable bonds is 2. The summed E-state index contributed by atoms with van der Waals surface area (Å²) >= 11 is 6.29. The fraction of sp³-hybridized carbons (Fsp3) is 0.615. The van der Waals surface area contributed by atoms with Crippen LogP contribution in [0.2, 0.25) is 5.02 Å². The van der Waals surface area contributed by atoms with Gasteiger partial charge < -0.3 is 10.6 Å². The van der Waals surface area contributed by atoms with Crippen LogP contribution in [-0.2, 0) is 6.54 Å². The van der Waals surface area contributed by atoms with Gasteiger partial charge in [-0.3, -0.25) is 0 Å². The summed E-state index contributed by atoms with van der Waals surface area (Å²) in [4.78, 5) is 6.79. The Morgan fingerprint density at radius 1 is 1.53 bits per heavy atom. The minimum atomic E-state index is 0.485. The third-order valence-electron chi connectivity index (χ3n) is 3.76. The van der Waals surface area contributed by atoms with E-state index in [9.17, 15) is 0 Å². The quantitative estimate of drug-likeness (QED) is 0.881. The van der Waals surface area contributed by atoms with Gasteiger partial charge in [-0.1, -0.05) is 18.5 Å². The van der Waals surface area contributed by atoms with Crippen molar-refractivity contribution >= 4 is 17.4 Å². The summed E-state index contributed by atoms with van der Waals surface area (Å²) < 4.78 is 0. The summed E-state index contributed by atoms with van der Waals surface area (Å²) in [7, 11) is 0. The summed E-state index contributed by atoms with van der Waals surface area (Å²) in [5.41, 5.74) is 6.57. The molecule has 1 aromatic heterocycles. The minimum Gasteiger partial charge on any atom is -0.352 e. The highest BCUT2D eigenvalue weighted by Crippen LogP contribution is 2.31. The van der Waals surface area contributed by atoms with E-state index in [0.717, 1.165) is 17.9 Å². The number of hydrogen-bond donors (Lipinski definition) is 1. The van der Waals surface area contributed by atoms with Gasteiger partial charge in [-0.25, -0.2) is 4.98 Å². The molecule has 0 bridgehead atoms. The Kier molecular flexibility index (Phi) is 3.89. The SMILES string of the molecule is CC1CCCN(c2ncc(CN)cc2Cl)C1C. The summed E-state index contributed by atoms with van der Waals surface area (Å²) in [6, 6.07) is 2.42. The molecule has 2 rings (SSSR count). The van der Waals surface area contributed by atoms with Crippen molar-refractivity contribution in [2.45, 2.75) is 39.3 Å². The highest BCUT2D eigenvalue weighted by atomic mass is 35.5. The number of piperidine rings is 1. The normalized spacial score (nSPS) is 25.1. The van der Waals surface area contributed by atoms with Crippen LogP contribution in [-0.4, -0.2) is 17.6 Å². The summed E-state index contributed by atoms with van der Waals surface area (Å²) in [5, 5.41) is 0.717. The number of hydrogen-bond acceptors (Lipinski definition) is 3. The van der Waals surface area contributed by atoms with E-state index in [1.165, 1.54) is 12.8 Å². The van der Waals surface area contributed by atoms with Gasteiger partial charge in [0.25, 0.3) is 0 Å². The first-order valence-corrected chi connectivity index (χ1v) is 6.62. The van der Waals surface area contributed by atoms with Crippen LogP contribution in [0, 0.1) is 5.92 Å². The van der Waals surface area contributed by atoms with Crippen molar-refractivity contribution in [2.75, 3.05) is 11.4 Å². The molecule has 94 valence electrons. The van der Waals surface area contributed by atoms with Crippen molar-refractivity contribution in [1.82, 2.24) is 4.98 Å². The van der Waals surface area contributed by atoms with E-state index in [1.54, 1.807) is 0 Å². The van der Waals surface area contributed by atoms with E-state index in [4.69, 9.17) is 17.3 Å². The fourth-order valence-electron chi connectivity index (χ4n) is 2.43. The molecule has 0 radical (unpaired) electrons. The molecule has 2 unspecified atom stereocenters. The number of halogens is 1. The molecule has 1 aliphatic rings. The van der Waals surface area contributed by atoms with E-state index < -0.39 is 0 Å². The van der Waals surface area contributed by atoms with Crippen LogP contribution in [0.3, 0.4) is 0 Å². The largest absolute Gasteiger partial charge is 0.352 e. The molecule has 0 aliphatic carbocycles. The standard InChI is InChI=1S/C13H20ClN3/c1-9-4-3-5-17(10(9)2)13-12(14)6-11(7-15)8-16-13/h6,8-10H,3-5,7,15H2,1-2H3. The van der Waals surface area contributed by atoms with Gasteiger partial charge in [0.1, 0.15) is 5.82 Å². The van der Waals surface area contributed by atoms with Gasteiger partial charge in [-0.05, 0) is 37.3 Å². The smallest absolute Gasteiger partial charge is 0.147 e. The number of anilines is 1. The Hall–Kier alpha value is -0.800. The molecule has 4 heteroatoms. The van der Waals surface area contributed by atoms with Gasteiger partial charge in [0.15, 0.2) is 0 Å². The molecule has 2 atom stereocenters. The van der Waals surface area contributed by atoms with Gasteiger partial charge in [0.05, 0.1) is 5.02 Å². The Bertz CT molecular complexity index is 394. The Morgan fingerprint density at radius 2 is 2.29 bits per heavy atom. The molecule has 1 aliphatic heterocycles. The van der Waals surface area contributed by atoms with Crippen LogP contribution in [0.4, 0.5) is 5.82 Å². The highest BCUT2D eigenvalue weighted by molar-refractivity contribution is 6.33. The highest BCUT2D eigenvalue weighted by Gasteiger charge is 2.26. The van der Waals surface area contributed by atoms with E-state index in [1.807, 2.05) is 12.3 Å². The fourth-order valence-corrected chi connectivity index (χ4v) is 2.73. The molecular weight excluding hydrogens is 234 g/mol. The molecule has 3 nitrogen and oxygen atoms in total. The monoisotopic (exact) mass is 253 g/mol. The Balaban J connectivity index is 2.27. The first kappa shape index (κ1) is 12.7. The van der Waals surface area contributed by atoms with Crippen molar-refractivity contribution in [1.29, 1.82) is 0 Å². The summed E-state index contributed by atoms with van der Waals surface area (Å²) in [5.74, 6) is 1.60. The van der Waals surface area contributed by atoms with Crippen LogP contribution in [0.25, 0.3) is 0 Å². The van der Waals surface area contributed by atoms with E-state index in [2.05, 4.69) is 23.7 Å². The van der Waals surface area contributed by atoms with Crippen molar-refractivity contribution < 1.29 is 0 Å². The third-order valence-corrected chi connectivity index (χ3v) is 4.04. The van der Waals surface area contributed by atoms with Crippen molar-refractivity contribution in [3.63, 3.8) is 0 Å². The van der Waals surface area contributed by atoms with Crippen LogP contribution in [0.5, 0.6) is 0 Å². The topological polar surface area (TPSA) is 42.2 Å². The summed E-state index contributed by atoms with van der Waals surface area (Å²) in [6.45, 7) is 6.07. The molecule has 0 spiro atoms. The van der Waals surface area contributed by atoms with E-state index >= 15 is 0 Å². The zero-order valence-corrected chi connectivity index (χ0v) is 11.2. The zero-order valence-electron chi connectivity index (χ0n) is 10.5. The lowest BCUT2D eigenvalue weighted by Gasteiger charge is -2.39. The van der Waals surface area contributed by atoms with Gasteiger partial charge in [0.2, 0.25) is 0 Å². The molecule has 17 heavy (non-hydrogen) atoms. The number of nitrogens with zero attached hydrogens (tertiary/aromatic N) is 2. The number of aromatic nitrogens is 1. The van der Waals surface area contributed by atoms with Gasteiger partial charge in [-0.2, -0.15) is 0 Å². The minimum absolute atomic E-state index is 0.485. The lowest BCUT2D eigenvalue weighted by Crippen LogP contribution is -2.43. The molecule has 1 aromatic rings. The van der Waals surface area contributed by atoms with Crippen molar-refractivity contribution in [2.24, 2.45) is 11.7 Å².